The number of nitrogens with one attached hydrogen (secondary N) is 1. The van der Waals surface area contributed by atoms with Crippen molar-refractivity contribution >= 4 is 23.2 Å². The molecule has 0 radical (unpaired) electrons. The molecule has 5 nitrogen and oxygen atoms in total. The summed E-state index contributed by atoms with van der Waals surface area (Å²) < 4.78 is 0. The van der Waals surface area contributed by atoms with Gasteiger partial charge in [-0.2, -0.15) is 0 Å². The van der Waals surface area contributed by atoms with Gasteiger partial charge in [-0.05, 0) is 36.6 Å². The van der Waals surface area contributed by atoms with Crippen LogP contribution in [0.2, 0.25) is 0 Å². The first-order chi connectivity index (χ1) is 12.5. The summed E-state index contributed by atoms with van der Waals surface area (Å²) in [5.41, 5.74) is 2.96. The summed E-state index contributed by atoms with van der Waals surface area (Å²) in [4.78, 5) is 28.5. The number of nitrogens with zero attached hydrogens (tertiary/aromatic N) is 2. The highest BCUT2D eigenvalue weighted by Gasteiger charge is 2.25. The summed E-state index contributed by atoms with van der Waals surface area (Å²) in [6.45, 7) is 4.37. The Labute approximate surface area is 157 Å². The zero-order chi connectivity index (χ0) is 19.1. The highest BCUT2D eigenvalue weighted by atomic mass is 16.2. The van der Waals surface area contributed by atoms with E-state index in [0.29, 0.717) is 25.4 Å². The van der Waals surface area contributed by atoms with Gasteiger partial charge in [0.15, 0.2) is 0 Å². The van der Waals surface area contributed by atoms with Crippen molar-refractivity contribution in [1.82, 2.24) is 4.90 Å². The van der Waals surface area contributed by atoms with Gasteiger partial charge in [0.2, 0.25) is 11.8 Å². The van der Waals surface area contributed by atoms with Gasteiger partial charge in [0.25, 0.3) is 0 Å². The average Bonchev–Trinajstić information content (AvgIpc) is 2.66. The third-order valence-electron chi connectivity index (χ3n) is 5.15. The van der Waals surface area contributed by atoms with Crippen LogP contribution in [0.1, 0.15) is 64.4 Å². The predicted octanol–water partition coefficient (Wildman–Crippen LogP) is 4.17. The molecule has 0 unspecified atom stereocenters. The molecule has 5 heteroatoms. The highest BCUT2D eigenvalue weighted by molar-refractivity contribution is 5.91. The predicted molar refractivity (Wildman–Crippen MR) is 107 cm³/mol. The van der Waals surface area contributed by atoms with Crippen LogP contribution in [0.25, 0.3) is 0 Å². The summed E-state index contributed by atoms with van der Waals surface area (Å²) >= 11 is 0. The lowest BCUT2D eigenvalue weighted by atomic mass is 9.93. The molecular weight excluding hydrogens is 326 g/mol. The van der Waals surface area contributed by atoms with E-state index in [-0.39, 0.29) is 11.8 Å². The van der Waals surface area contributed by atoms with Crippen LogP contribution in [0.3, 0.4) is 0 Å². The van der Waals surface area contributed by atoms with Crippen molar-refractivity contribution in [2.24, 2.45) is 0 Å². The van der Waals surface area contributed by atoms with Crippen molar-refractivity contribution in [3.05, 3.63) is 23.8 Å². The first kappa shape index (κ1) is 20.3. The fraction of sp³-hybridized carbons (Fsp3) is 0.619. The summed E-state index contributed by atoms with van der Waals surface area (Å²) in [6, 6.07) is 6.30. The molecule has 1 aliphatic rings. The second-order valence-electron chi connectivity index (χ2n) is 7.31. The number of carbonyl (C=O) groups is 2. The molecule has 0 atom stereocenters. The molecule has 0 aromatic heterocycles. The summed E-state index contributed by atoms with van der Waals surface area (Å²) in [5.74, 6) is 0.215. The lowest BCUT2D eigenvalue weighted by Crippen LogP contribution is -2.40. The van der Waals surface area contributed by atoms with Gasteiger partial charge in [-0.15, -0.1) is 0 Å². The fourth-order valence-corrected chi connectivity index (χ4v) is 3.68. The number of benzene rings is 1. The maximum absolute atomic E-state index is 12.6. The normalized spacial score (nSPS) is 14.8. The Balaban J connectivity index is 2.30. The summed E-state index contributed by atoms with van der Waals surface area (Å²) in [5, 5.41) is 2.93. The van der Waals surface area contributed by atoms with Crippen molar-refractivity contribution in [3.63, 3.8) is 0 Å². The first-order valence-electron chi connectivity index (χ1n) is 9.85. The van der Waals surface area contributed by atoms with Crippen molar-refractivity contribution in [2.45, 2.75) is 71.4 Å². The van der Waals surface area contributed by atoms with Gasteiger partial charge >= 0.3 is 0 Å². The minimum atomic E-state index is 0.00215. The van der Waals surface area contributed by atoms with Crippen LogP contribution in [0, 0.1) is 0 Å². The Morgan fingerprint density at radius 3 is 2.35 bits per heavy atom. The lowest BCUT2D eigenvalue weighted by Gasteiger charge is -2.35. The molecule has 1 N–H and O–H groups in total. The maximum Gasteiger partial charge on any atom is 0.224 e. The quantitative estimate of drug-likeness (QED) is 0.795. The number of hydrogen-bond acceptors (Lipinski definition) is 3. The first-order valence-corrected chi connectivity index (χ1v) is 9.85. The van der Waals surface area contributed by atoms with E-state index in [2.05, 4.69) is 15.1 Å². The molecule has 1 aromatic carbocycles. The van der Waals surface area contributed by atoms with Crippen LogP contribution in [0.5, 0.6) is 0 Å². The van der Waals surface area contributed by atoms with Gasteiger partial charge in [-0.3, -0.25) is 9.59 Å². The Morgan fingerprint density at radius 1 is 1.08 bits per heavy atom. The second kappa shape index (κ2) is 9.60. The number of hydrogen-bond donors (Lipinski definition) is 1. The minimum absolute atomic E-state index is 0.00215. The van der Waals surface area contributed by atoms with Gasteiger partial charge in [0.05, 0.1) is 0 Å². The highest BCUT2D eigenvalue weighted by Crippen LogP contribution is 2.29. The Morgan fingerprint density at radius 2 is 1.77 bits per heavy atom. The molecule has 2 amide bonds. The van der Waals surface area contributed by atoms with Crippen LogP contribution in [-0.2, 0) is 16.1 Å². The van der Waals surface area contributed by atoms with E-state index in [4.69, 9.17) is 0 Å². The van der Waals surface area contributed by atoms with Crippen molar-refractivity contribution < 1.29 is 9.59 Å². The second-order valence-corrected chi connectivity index (χ2v) is 7.31. The van der Waals surface area contributed by atoms with Crippen LogP contribution in [0.15, 0.2) is 18.2 Å². The van der Waals surface area contributed by atoms with E-state index in [1.165, 1.54) is 19.3 Å². The van der Waals surface area contributed by atoms with Gasteiger partial charge in [0.1, 0.15) is 0 Å². The number of rotatable bonds is 7. The van der Waals surface area contributed by atoms with Crippen molar-refractivity contribution in [1.29, 1.82) is 0 Å². The zero-order valence-corrected chi connectivity index (χ0v) is 16.7. The molecule has 144 valence electrons. The molecule has 0 saturated heterocycles. The van der Waals surface area contributed by atoms with Crippen LogP contribution in [0.4, 0.5) is 11.4 Å². The number of anilines is 2. The molecular formula is C21H33N3O2. The summed E-state index contributed by atoms with van der Waals surface area (Å²) in [7, 11) is 4.02. The maximum atomic E-state index is 12.6. The average molecular weight is 360 g/mol. The molecule has 2 rings (SSSR count). The fourth-order valence-electron chi connectivity index (χ4n) is 3.68. The minimum Gasteiger partial charge on any atom is -0.377 e. The van der Waals surface area contributed by atoms with Gasteiger partial charge in [-0.1, -0.05) is 33.1 Å². The topological polar surface area (TPSA) is 52.7 Å². The lowest BCUT2D eigenvalue weighted by molar-refractivity contribution is -0.134. The monoisotopic (exact) mass is 359 g/mol. The largest absolute Gasteiger partial charge is 0.377 e. The Hall–Kier alpha value is -2.04. The number of carbonyl (C=O) groups excluding carboxylic acids is 2. The third-order valence-corrected chi connectivity index (χ3v) is 5.15. The van der Waals surface area contributed by atoms with E-state index >= 15 is 0 Å². The Bertz CT molecular complexity index is 622. The molecule has 1 aromatic rings. The van der Waals surface area contributed by atoms with E-state index in [9.17, 15) is 9.59 Å². The standard InChI is InChI=1S/C21H33N3O2/c1-5-20(25)22-17-12-13-19(23(3)4)16(14-17)15-24(21(26)6-2)18-10-8-7-9-11-18/h12-14,18H,5-11,15H2,1-4H3,(H,22,25). The molecule has 26 heavy (non-hydrogen) atoms. The van der Waals surface area contributed by atoms with Crippen LogP contribution >= 0.6 is 0 Å². The molecule has 0 heterocycles. The molecule has 1 saturated carbocycles. The van der Waals surface area contributed by atoms with E-state index in [1.54, 1.807) is 0 Å². The van der Waals surface area contributed by atoms with E-state index in [0.717, 1.165) is 29.8 Å². The van der Waals surface area contributed by atoms with Crippen molar-refractivity contribution in [2.75, 3.05) is 24.3 Å². The molecule has 1 aliphatic carbocycles. The smallest absolute Gasteiger partial charge is 0.224 e. The number of amides is 2. The molecule has 1 fully saturated rings. The Kier molecular flexibility index (Phi) is 7.49. The van der Waals surface area contributed by atoms with E-state index in [1.807, 2.05) is 46.1 Å². The van der Waals surface area contributed by atoms with Gasteiger partial charge < -0.3 is 15.1 Å². The van der Waals surface area contributed by atoms with Crippen molar-refractivity contribution in [3.8, 4) is 0 Å². The molecule has 0 spiro atoms. The SMILES string of the molecule is CCC(=O)Nc1ccc(N(C)C)c(CN(C(=O)CC)C2CCCCC2)c1. The van der Waals surface area contributed by atoms with Crippen LogP contribution < -0.4 is 10.2 Å². The van der Waals surface area contributed by atoms with Gasteiger partial charge in [-0.25, -0.2) is 0 Å². The van der Waals surface area contributed by atoms with Gasteiger partial charge in [0, 0.05) is 50.9 Å². The zero-order valence-electron chi connectivity index (χ0n) is 16.7. The van der Waals surface area contributed by atoms with E-state index < -0.39 is 0 Å². The van der Waals surface area contributed by atoms with Crippen LogP contribution in [-0.4, -0.2) is 36.9 Å². The molecule has 0 aliphatic heterocycles. The summed E-state index contributed by atoms with van der Waals surface area (Å²) in [6.07, 6.45) is 6.83. The third kappa shape index (κ3) is 5.23. The molecule has 0 bridgehead atoms.